The van der Waals surface area contributed by atoms with Crippen molar-refractivity contribution in [3.8, 4) is 11.5 Å². The lowest BCUT2D eigenvalue weighted by atomic mass is 9.98. The van der Waals surface area contributed by atoms with Gasteiger partial charge in [0.05, 0.1) is 6.26 Å². The molecular weight excluding hydrogens is 364 g/mol. The third-order valence-electron chi connectivity index (χ3n) is 4.93. The SMILES string of the molecule is CCC(C)c1ccc2oc(-c3ccc(NC(=O)/C=C\c4ccco4)cc3)nc2c1. The molecule has 0 aliphatic heterocycles. The molecule has 1 N–H and O–H groups in total. The third kappa shape index (κ3) is 4.29. The number of nitrogens with one attached hydrogen (secondary N) is 1. The smallest absolute Gasteiger partial charge is 0.248 e. The Morgan fingerprint density at radius 2 is 2.00 bits per heavy atom. The molecule has 5 heteroatoms. The molecule has 2 heterocycles. The predicted octanol–water partition coefficient (Wildman–Crippen LogP) is 6.25. The highest BCUT2D eigenvalue weighted by Crippen LogP contribution is 2.28. The summed E-state index contributed by atoms with van der Waals surface area (Å²) in [4.78, 5) is 16.7. The Kier molecular flexibility index (Phi) is 5.29. The number of benzene rings is 2. The van der Waals surface area contributed by atoms with Crippen LogP contribution in [0.1, 0.15) is 37.5 Å². The van der Waals surface area contributed by atoms with Gasteiger partial charge in [0.15, 0.2) is 5.58 Å². The van der Waals surface area contributed by atoms with Crippen LogP contribution in [0.15, 0.2) is 75.8 Å². The molecule has 0 aliphatic rings. The standard InChI is InChI=1S/C24H22N2O3/c1-3-16(2)18-8-12-22-21(15-18)26-24(29-22)17-6-9-19(10-7-17)25-23(27)13-11-20-5-4-14-28-20/h4-16H,3H2,1-2H3,(H,25,27)/b13-11-. The normalized spacial score (nSPS) is 12.5. The quantitative estimate of drug-likeness (QED) is 0.398. The molecule has 0 spiro atoms. The zero-order valence-electron chi connectivity index (χ0n) is 16.4. The molecule has 1 amide bonds. The Hall–Kier alpha value is -3.60. The number of aromatic nitrogens is 1. The van der Waals surface area contributed by atoms with E-state index in [1.165, 1.54) is 11.6 Å². The van der Waals surface area contributed by atoms with E-state index < -0.39 is 0 Å². The average Bonchev–Trinajstić information content (AvgIpc) is 3.41. The molecule has 1 unspecified atom stereocenters. The lowest BCUT2D eigenvalue weighted by Gasteiger charge is -2.07. The maximum absolute atomic E-state index is 12.0. The second kappa shape index (κ2) is 8.19. The summed E-state index contributed by atoms with van der Waals surface area (Å²) < 4.78 is 11.1. The first-order valence-corrected chi connectivity index (χ1v) is 9.66. The fourth-order valence-corrected chi connectivity index (χ4v) is 3.03. The van der Waals surface area contributed by atoms with Gasteiger partial charge in [-0.1, -0.05) is 19.9 Å². The van der Waals surface area contributed by atoms with Crippen LogP contribution in [0.2, 0.25) is 0 Å². The van der Waals surface area contributed by atoms with Gasteiger partial charge in [-0.05, 0) is 72.5 Å². The summed E-state index contributed by atoms with van der Waals surface area (Å²) in [7, 11) is 0. The molecule has 1 atom stereocenters. The highest BCUT2D eigenvalue weighted by Gasteiger charge is 2.11. The van der Waals surface area contributed by atoms with Crippen LogP contribution < -0.4 is 5.32 Å². The van der Waals surface area contributed by atoms with Crippen molar-refractivity contribution in [3.05, 3.63) is 78.3 Å². The van der Waals surface area contributed by atoms with E-state index in [1.807, 2.05) is 30.3 Å². The minimum Gasteiger partial charge on any atom is -0.465 e. The zero-order chi connectivity index (χ0) is 20.2. The van der Waals surface area contributed by atoms with Crippen molar-refractivity contribution >= 4 is 28.8 Å². The highest BCUT2D eigenvalue weighted by molar-refractivity contribution is 6.01. The molecule has 2 aromatic heterocycles. The molecule has 4 rings (SSSR count). The Labute approximate surface area is 169 Å². The van der Waals surface area contributed by atoms with Gasteiger partial charge in [-0.25, -0.2) is 4.98 Å². The number of oxazole rings is 1. The molecule has 5 nitrogen and oxygen atoms in total. The number of furan rings is 1. The van der Waals surface area contributed by atoms with Crippen LogP contribution in [0, 0.1) is 0 Å². The molecule has 0 radical (unpaired) electrons. The molecule has 29 heavy (non-hydrogen) atoms. The van der Waals surface area contributed by atoms with Crippen molar-refractivity contribution in [2.75, 3.05) is 5.32 Å². The fraction of sp³-hybridized carbons (Fsp3) is 0.167. The molecule has 0 bridgehead atoms. The summed E-state index contributed by atoms with van der Waals surface area (Å²) in [6.07, 6.45) is 5.70. The fourth-order valence-electron chi connectivity index (χ4n) is 3.03. The first-order chi connectivity index (χ1) is 14.1. The number of carbonyl (C=O) groups is 1. The van der Waals surface area contributed by atoms with Gasteiger partial charge in [-0.3, -0.25) is 4.79 Å². The summed E-state index contributed by atoms with van der Waals surface area (Å²) in [5, 5.41) is 2.82. The maximum atomic E-state index is 12.0. The molecular formula is C24H22N2O3. The second-order valence-corrected chi connectivity index (χ2v) is 6.97. The highest BCUT2D eigenvalue weighted by atomic mass is 16.3. The third-order valence-corrected chi connectivity index (χ3v) is 4.93. The monoisotopic (exact) mass is 386 g/mol. The van der Waals surface area contributed by atoms with Gasteiger partial charge in [0.25, 0.3) is 0 Å². The van der Waals surface area contributed by atoms with Crippen molar-refractivity contribution in [2.24, 2.45) is 0 Å². The van der Waals surface area contributed by atoms with Crippen LogP contribution in [-0.4, -0.2) is 10.9 Å². The van der Waals surface area contributed by atoms with Gasteiger partial charge in [-0.2, -0.15) is 0 Å². The Balaban J connectivity index is 1.48. The summed E-state index contributed by atoms with van der Waals surface area (Å²) in [6, 6.07) is 17.1. The van der Waals surface area contributed by atoms with E-state index in [0.29, 0.717) is 23.3 Å². The first kappa shape index (κ1) is 18.7. The number of amides is 1. The van der Waals surface area contributed by atoms with E-state index in [4.69, 9.17) is 8.83 Å². The molecule has 0 aliphatic carbocycles. The Morgan fingerprint density at radius 3 is 2.72 bits per heavy atom. The average molecular weight is 386 g/mol. The van der Waals surface area contributed by atoms with Crippen LogP contribution in [0.5, 0.6) is 0 Å². The lowest BCUT2D eigenvalue weighted by Crippen LogP contribution is -2.07. The molecule has 0 saturated heterocycles. The van der Waals surface area contributed by atoms with E-state index in [9.17, 15) is 4.79 Å². The summed E-state index contributed by atoms with van der Waals surface area (Å²) in [5.74, 6) is 1.46. The molecule has 0 saturated carbocycles. The second-order valence-electron chi connectivity index (χ2n) is 6.97. The van der Waals surface area contributed by atoms with Crippen molar-refractivity contribution in [1.29, 1.82) is 0 Å². The summed E-state index contributed by atoms with van der Waals surface area (Å²) in [6.45, 7) is 4.38. The summed E-state index contributed by atoms with van der Waals surface area (Å²) in [5.41, 5.74) is 4.44. The molecule has 4 aromatic rings. The van der Waals surface area contributed by atoms with E-state index in [1.54, 1.807) is 24.5 Å². The number of fused-ring (bicyclic) bond motifs is 1. The predicted molar refractivity (Wildman–Crippen MR) is 115 cm³/mol. The van der Waals surface area contributed by atoms with Gasteiger partial charge < -0.3 is 14.2 Å². The first-order valence-electron chi connectivity index (χ1n) is 9.66. The van der Waals surface area contributed by atoms with Crippen LogP contribution in [-0.2, 0) is 4.79 Å². The van der Waals surface area contributed by atoms with E-state index in [2.05, 4.69) is 36.3 Å². The Morgan fingerprint density at radius 1 is 1.17 bits per heavy atom. The largest absolute Gasteiger partial charge is 0.465 e. The molecule has 146 valence electrons. The number of nitrogens with zero attached hydrogens (tertiary/aromatic N) is 1. The lowest BCUT2D eigenvalue weighted by molar-refractivity contribution is -0.111. The zero-order valence-corrected chi connectivity index (χ0v) is 16.4. The Bertz CT molecular complexity index is 1140. The number of rotatable bonds is 6. The van der Waals surface area contributed by atoms with Crippen LogP contribution in [0.3, 0.4) is 0 Å². The molecule has 0 fully saturated rings. The van der Waals surface area contributed by atoms with E-state index >= 15 is 0 Å². The van der Waals surface area contributed by atoms with Gasteiger partial charge in [0.1, 0.15) is 11.3 Å². The number of hydrogen-bond donors (Lipinski definition) is 1. The summed E-state index contributed by atoms with van der Waals surface area (Å²) >= 11 is 0. The van der Waals surface area contributed by atoms with Gasteiger partial charge in [0.2, 0.25) is 11.8 Å². The van der Waals surface area contributed by atoms with Gasteiger partial charge in [0, 0.05) is 17.3 Å². The van der Waals surface area contributed by atoms with Crippen molar-refractivity contribution in [3.63, 3.8) is 0 Å². The number of anilines is 1. The van der Waals surface area contributed by atoms with Gasteiger partial charge in [-0.15, -0.1) is 0 Å². The van der Waals surface area contributed by atoms with Crippen molar-refractivity contribution in [1.82, 2.24) is 4.98 Å². The minimum absolute atomic E-state index is 0.228. The van der Waals surface area contributed by atoms with E-state index in [0.717, 1.165) is 23.1 Å². The van der Waals surface area contributed by atoms with Crippen LogP contribution >= 0.6 is 0 Å². The van der Waals surface area contributed by atoms with E-state index in [-0.39, 0.29) is 5.91 Å². The number of carbonyl (C=O) groups excluding carboxylic acids is 1. The van der Waals surface area contributed by atoms with Crippen molar-refractivity contribution in [2.45, 2.75) is 26.2 Å². The molecule has 2 aromatic carbocycles. The minimum atomic E-state index is -0.228. The maximum Gasteiger partial charge on any atom is 0.248 e. The topological polar surface area (TPSA) is 68.3 Å². The van der Waals surface area contributed by atoms with Gasteiger partial charge >= 0.3 is 0 Å². The van der Waals surface area contributed by atoms with Crippen molar-refractivity contribution < 1.29 is 13.6 Å². The van der Waals surface area contributed by atoms with Crippen LogP contribution in [0.25, 0.3) is 28.6 Å². The van der Waals surface area contributed by atoms with Crippen LogP contribution in [0.4, 0.5) is 5.69 Å². The number of hydrogen-bond acceptors (Lipinski definition) is 4.